The number of sulfone groups is 1. The first kappa shape index (κ1) is 16.3. The van der Waals surface area contributed by atoms with Gasteiger partial charge >= 0.3 is 6.36 Å². The quantitative estimate of drug-likeness (QED) is 0.720. The summed E-state index contributed by atoms with van der Waals surface area (Å²) in [7, 11) is -4.03. The fraction of sp³-hybridized carbons (Fsp3) is 0.0625. The van der Waals surface area contributed by atoms with Crippen molar-refractivity contribution in [3.63, 3.8) is 0 Å². The van der Waals surface area contributed by atoms with Gasteiger partial charge in [-0.2, -0.15) is 0 Å². The van der Waals surface area contributed by atoms with Crippen LogP contribution in [0.1, 0.15) is 0 Å². The van der Waals surface area contributed by atoms with Gasteiger partial charge in [-0.3, -0.25) is 4.98 Å². The monoisotopic (exact) mass is 352 g/mol. The van der Waals surface area contributed by atoms with Gasteiger partial charge in [0.25, 0.3) is 0 Å². The summed E-state index contributed by atoms with van der Waals surface area (Å²) in [5, 5.41) is 0.557. The molecule has 1 radical (unpaired) electrons. The second-order valence-electron chi connectivity index (χ2n) is 4.81. The number of benzene rings is 2. The highest BCUT2D eigenvalue weighted by atomic mass is 32.2. The SMILES string of the molecule is O=S(=O)(c1cccc(OC(F)(F)F)c1)c1cnc2[c]cccc2c1. The van der Waals surface area contributed by atoms with E-state index < -0.39 is 21.9 Å². The van der Waals surface area contributed by atoms with E-state index in [4.69, 9.17) is 0 Å². The Morgan fingerprint density at radius 2 is 1.83 bits per heavy atom. The van der Waals surface area contributed by atoms with Crippen LogP contribution < -0.4 is 4.74 Å². The molecular formula is C16H9F3NO3S. The molecule has 0 N–H and O–H groups in total. The largest absolute Gasteiger partial charge is 0.573 e. The average Bonchev–Trinajstić information content (AvgIpc) is 2.53. The van der Waals surface area contributed by atoms with E-state index in [0.29, 0.717) is 10.9 Å². The van der Waals surface area contributed by atoms with E-state index in [2.05, 4.69) is 15.8 Å². The molecule has 0 bridgehead atoms. The summed E-state index contributed by atoms with van der Waals surface area (Å²) in [6.07, 6.45) is -3.76. The van der Waals surface area contributed by atoms with Crippen molar-refractivity contribution in [2.45, 2.75) is 16.2 Å². The van der Waals surface area contributed by atoms with Gasteiger partial charge in [-0.1, -0.05) is 24.3 Å². The lowest BCUT2D eigenvalue weighted by Gasteiger charge is -2.10. The van der Waals surface area contributed by atoms with Crippen LogP contribution in [0, 0.1) is 6.07 Å². The van der Waals surface area contributed by atoms with Gasteiger partial charge in [0, 0.05) is 17.6 Å². The van der Waals surface area contributed by atoms with Crippen molar-refractivity contribution in [2.24, 2.45) is 0 Å². The van der Waals surface area contributed by atoms with Crippen LogP contribution in [0.3, 0.4) is 0 Å². The Morgan fingerprint density at radius 3 is 2.58 bits per heavy atom. The first-order valence-corrected chi connectivity index (χ1v) is 8.11. The number of halogens is 3. The molecular weight excluding hydrogens is 343 g/mol. The molecule has 0 amide bonds. The minimum atomic E-state index is -4.90. The minimum absolute atomic E-state index is 0.126. The van der Waals surface area contributed by atoms with E-state index in [1.165, 1.54) is 18.2 Å². The maximum absolute atomic E-state index is 12.6. The number of para-hydroxylation sites is 1. The van der Waals surface area contributed by atoms with Crippen LogP contribution in [0.5, 0.6) is 5.75 Å². The second-order valence-corrected chi connectivity index (χ2v) is 6.75. The Hall–Kier alpha value is -2.61. The van der Waals surface area contributed by atoms with Crippen LogP contribution >= 0.6 is 0 Å². The van der Waals surface area contributed by atoms with Gasteiger partial charge in [0.2, 0.25) is 9.84 Å². The van der Waals surface area contributed by atoms with Crippen LogP contribution in [0.4, 0.5) is 13.2 Å². The summed E-state index contributed by atoms with van der Waals surface area (Å²) in [5.74, 6) is -0.606. The fourth-order valence-electron chi connectivity index (χ4n) is 2.11. The summed E-state index contributed by atoms with van der Waals surface area (Å²) in [6, 6.07) is 13.5. The molecule has 0 aliphatic heterocycles. The third-order valence-electron chi connectivity index (χ3n) is 3.14. The minimum Gasteiger partial charge on any atom is -0.406 e. The third-order valence-corrected chi connectivity index (χ3v) is 4.86. The maximum atomic E-state index is 12.6. The molecule has 0 aliphatic rings. The van der Waals surface area contributed by atoms with Crippen LogP contribution in [0.25, 0.3) is 10.9 Å². The van der Waals surface area contributed by atoms with E-state index in [9.17, 15) is 21.6 Å². The Morgan fingerprint density at radius 1 is 1.04 bits per heavy atom. The number of fused-ring (bicyclic) bond motifs is 1. The lowest BCUT2D eigenvalue weighted by molar-refractivity contribution is -0.274. The first-order valence-electron chi connectivity index (χ1n) is 6.63. The number of hydrogen-bond donors (Lipinski definition) is 0. The van der Waals surface area contributed by atoms with Gasteiger partial charge < -0.3 is 4.74 Å². The first-order chi connectivity index (χ1) is 11.3. The van der Waals surface area contributed by atoms with E-state index in [1.54, 1.807) is 18.2 Å². The van der Waals surface area contributed by atoms with Gasteiger partial charge in [0.1, 0.15) is 5.75 Å². The number of ether oxygens (including phenoxy) is 1. The van der Waals surface area contributed by atoms with Crippen LogP contribution in [-0.4, -0.2) is 19.8 Å². The molecule has 3 rings (SSSR count). The molecule has 24 heavy (non-hydrogen) atoms. The van der Waals surface area contributed by atoms with E-state index in [-0.39, 0.29) is 9.79 Å². The predicted octanol–water partition coefficient (Wildman–Crippen LogP) is 3.77. The number of aromatic nitrogens is 1. The zero-order chi connectivity index (χ0) is 17.4. The summed E-state index contributed by atoms with van der Waals surface area (Å²) < 4.78 is 65.8. The highest BCUT2D eigenvalue weighted by Crippen LogP contribution is 2.28. The molecule has 8 heteroatoms. The number of nitrogens with zero attached hydrogens (tertiary/aromatic N) is 1. The Balaban J connectivity index is 2.04. The molecule has 2 aromatic carbocycles. The molecule has 0 saturated heterocycles. The molecule has 4 nitrogen and oxygen atoms in total. The highest BCUT2D eigenvalue weighted by molar-refractivity contribution is 7.91. The number of rotatable bonds is 3. The van der Waals surface area contributed by atoms with E-state index in [1.807, 2.05) is 0 Å². The predicted molar refractivity (Wildman–Crippen MR) is 79.2 cm³/mol. The molecule has 1 aromatic heterocycles. The molecule has 1 heterocycles. The van der Waals surface area contributed by atoms with E-state index in [0.717, 1.165) is 18.3 Å². The number of hydrogen-bond acceptors (Lipinski definition) is 4. The molecule has 0 saturated carbocycles. The van der Waals surface area contributed by atoms with E-state index >= 15 is 0 Å². The average molecular weight is 352 g/mol. The lowest BCUT2D eigenvalue weighted by Crippen LogP contribution is -2.17. The molecule has 0 fully saturated rings. The van der Waals surface area contributed by atoms with Crippen LogP contribution in [0.2, 0.25) is 0 Å². The fourth-order valence-corrected chi connectivity index (χ4v) is 3.38. The van der Waals surface area contributed by atoms with Crippen LogP contribution in [-0.2, 0) is 9.84 Å². The topological polar surface area (TPSA) is 56.3 Å². The van der Waals surface area contributed by atoms with Crippen molar-refractivity contribution in [1.82, 2.24) is 4.98 Å². The van der Waals surface area contributed by atoms with Crippen LogP contribution in [0.15, 0.2) is 64.5 Å². The Bertz CT molecular complexity index is 1000. The van der Waals surface area contributed by atoms with Gasteiger partial charge in [-0.25, -0.2) is 8.42 Å². The van der Waals surface area contributed by atoms with Crippen molar-refractivity contribution in [3.8, 4) is 5.75 Å². The standard InChI is InChI=1S/C16H9F3NO3S/c17-16(18,19)23-12-5-3-6-13(9-12)24(21,22)14-8-11-4-1-2-7-15(11)20-10-14/h1-6,8-10H. The molecule has 0 aliphatic carbocycles. The summed E-state index contributed by atoms with van der Waals surface area (Å²) in [6.45, 7) is 0. The molecule has 0 unspecified atom stereocenters. The molecule has 0 spiro atoms. The number of alkyl halides is 3. The lowest BCUT2D eigenvalue weighted by atomic mass is 10.2. The van der Waals surface area contributed by atoms with Crippen molar-refractivity contribution in [2.75, 3.05) is 0 Å². The smallest absolute Gasteiger partial charge is 0.406 e. The van der Waals surface area contributed by atoms with Gasteiger partial charge in [-0.15, -0.1) is 13.2 Å². The zero-order valence-electron chi connectivity index (χ0n) is 11.9. The van der Waals surface area contributed by atoms with Gasteiger partial charge in [-0.05, 0) is 24.3 Å². The summed E-state index contributed by atoms with van der Waals surface area (Å²) >= 11 is 0. The zero-order valence-corrected chi connectivity index (χ0v) is 12.7. The molecule has 3 aromatic rings. The Kier molecular flexibility index (Phi) is 3.92. The van der Waals surface area contributed by atoms with Gasteiger partial charge in [0.05, 0.1) is 15.3 Å². The highest BCUT2D eigenvalue weighted by Gasteiger charge is 2.31. The Labute approximate surface area is 135 Å². The second kappa shape index (κ2) is 5.79. The molecule has 0 atom stereocenters. The normalized spacial score (nSPS) is 12.3. The maximum Gasteiger partial charge on any atom is 0.573 e. The summed E-state index contributed by atoms with van der Waals surface area (Å²) in [5.41, 5.74) is 0.491. The van der Waals surface area contributed by atoms with Crippen molar-refractivity contribution >= 4 is 20.7 Å². The van der Waals surface area contributed by atoms with Crippen molar-refractivity contribution in [1.29, 1.82) is 0 Å². The van der Waals surface area contributed by atoms with Crippen molar-refractivity contribution in [3.05, 3.63) is 60.8 Å². The molecule has 123 valence electrons. The third kappa shape index (κ3) is 3.33. The van der Waals surface area contributed by atoms with Crippen molar-refractivity contribution < 1.29 is 26.3 Å². The summed E-state index contributed by atoms with van der Waals surface area (Å²) in [4.78, 5) is 3.57. The number of pyridine rings is 1. The van der Waals surface area contributed by atoms with Gasteiger partial charge in [0.15, 0.2) is 0 Å².